The fourth-order valence-electron chi connectivity index (χ4n) is 3.33. The maximum Gasteiger partial charge on any atom is 0.257 e. The summed E-state index contributed by atoms with van der Waals surface area (Å²) < 4.78 is 5.42. The molecule has 1 aromatic carbocycles. The van der Waals surface area contributed by atoms with E-state index in [4.69, 9.17) is 4.42 Å². The SMILES string of the molecule is CCCc1occc1C(=O)N(C)[C@H]1CCN(Cc2ccccc2)C1=O. The molecule has 1 aliphatic heterocycles. The summed E-state index contributed by atoms with van der Waals surface area (Å²) in [7, 11) is 1.71. The van der Waals surface area contributed by atoms with Crippen LogP contribution in [0.15, 0.2) is 47.1 Å². The second kappa shape index (κ2) is 7.55. The molecule has 2 aromatic rings. The molecule has 0 unspecified atom stereocenters. The number of hydrogen-bond acceptors (Lipinski definition) is 3. The van der Waals surface area contributed by atoms with E-state index in [0.717, 1.165) is 18.4 Å². The molecule has 2 amide bonds. The number of hydrogen-bond donors (Lipinski definition) is 0. The zero-order valence-electron chi connectivity index (χ0n) is 14.8. The van der Waals surface area contributed by atoms with Crippen molar-refractivity contribution in [2.24, 2.45) is 0 Å². The fourth-order valence-corrected chi connectivity index (χ4v) is 3.33. The largest absolute Gasteiger partial charge is 0.469 e. The number of nitrogens with zero attached hydrogens (tertiary/aromatic N) is 2. The topological polar surface area (TPSA) is 53.8 Å². The predicted octanol–water partition coefficient (Wildman–Crippen LogP) is 3.11. The first kappa shape index (κ1) is 17.3. The zero-order chi connectivity index (χ0) is 17.8. The van der Waals surface area contributed by atoms with Gasteiger partial charge in [0, 0.05) is 26.6 Å². The smallest absolute Gasteiger partial charge is 0.257 e. The van der Waals surface area contributed by atoms with Gasteiger partial charge in [-0.25, -0.2) is 0 Å². The normalized spacial score (nSPS) is 17.1. The van der Waals surface area contributed by atoms with Gasteiger partial charge in [-0.1, -0.05) is 37.3 Å². The van der Waals surface area contributed by atoms with Crippen LogP contribution < -0.4 is 0 Å². The Kier molecular flexibility index (Phi) is 5.22. The minimum atomic E-state index is -0.402. The number of furan rings is 1. The van der Waals surface area contributed by atoms with E-state index in [1.165, 1.54) is 0 Å². The number of aryl methyl sites for hydroxylation is 1. The van der Waals surface area contributed by atoms with E-state index < -0.39 is 6.04 Å². The van der Waals surface area contributed by atoms with E-state index in [9.17, 15) is 9.59 Å². The minimum Gasteiger partial charge on any atom is -0.469 e. The van der Waals surface area contributed by atoms with Crippen molar-refractivity contribution in [3.05, 3.63) is 59.5 Å². The molecule has 2 heterocycles. The van der Waals surface area contributed by atoms with Gasteiger partial charge in [0.2, 0.25) is 5.91 Å². The third-order valence-electron chi connectivity index (χ3n) is 4.73. The van der Waals surface area contributed by atoms with Crippen LogP contribution in [-0.2, 0) is 17.8 Å². The van der Waals surface area contributed by atoms with Gasteiger partial charge in [-0.2, -0.15) is 0 Å². The molecule has 0 saturated carbocycles. The van der Waals surface area contributed by atoms with Gasteiger partial charge in [-0.15, -0.1) is 0 Å². The van der Waals surface area contributed by atoms with E-state index in [1.54, 1.807) is 24.3 Å². The Hall–Kier alpha value is -2.56. The fraction of sp³-hybridized carbons (Fsp3) is 0.400. The van der Waals surface area contributed by atoms with Crippen LogP contribution >= 0.6 is 0 Å². The number of carbonyl (C=O) groups excluding carboxylic acids is 2. The highest BCUT2D eigenvalue weighted by Gasteiger charge is 2.37. The van der Waals surface area contributed by atoms with Crippen molar-refractivity contribution in [2.45, 2.75) is 38.8 Å². The highest BCUT2D eigenvalue weighted by Crippen LogP contribution is 2.22. The molecule has 0 aliphatic carbocycles. The Morgan fingerprint density at radius 3 is 2.76 bits per heavy atom. The van der Waals surface area contributed by atoms with E-state index >= 15 is 0 Å². The second-order valence-corrected chi connectivity index (χ2v) is 6.47. The second-order valence-electron chi connectivity index (χ2n) is 6.47. The standard InChI is InChI=1S/C20H24N2O3/c1-3-7-18-16(11-13-25-18)19(23)21(2)17-10-12-22(20(17)24)14-15-8-5-4-6-9-15/h4-6,8-9,11,13,17H,3,7,10,12,14H2,1-2H3/t17-/m0/s1. The summed E-state index contributed by atoms with van der Waals surface area (Å²) in [4.78, 5) is 28.9. The maximum atomic E-state index is 12.8. The molecule has 1 atom stereocenters. The third-order valence-corrected chi connectivity index (χ3v) is 4.73. The number of likely N-dealkylation sites (tertiary alicyclic amines) is 1. The van der Waals surface area contributed by atoms with Crippen LogP contribution in [0.25, 0.3) is 0 Å². The molecule has 1 aromatic heterocycles. The van der Waals surface area contributed by atoms with Crippen molar-refractivity contribution < 1.29 is 14.0 Å². The Balaban J connectivity index is 1.68. The van der Waals surface area contributed by atoms with Crippen molar-refractivity contribution in [2.75, 3.05) is 13.6 Å². The van der Waals surface area contributed by atoms with Crippen molar-refractivity contribution in [1.29, 1.82) is 0 Å². The van der Waals surface area contributed by atoms with Crippen molar-refractivity contribution >= 4 is 11.8 Å². The van der Waals surface area contributed by atoms with Gasteiger partial charge in [0.1, 0.15) is 11.8 Å². The summed E-state index contributed by atoms with van der Waals surface area (Å²) in [5.41, 5.74) is 1.67. The van der Waals surface area contributed by atoms with E-state index in [0.29, 0.717) is 30.8 Å². The molecule has 0 bridgehead atoms. The van der Waals surface area contributed by atoms with Crippen LogP contribution in [0.5, 0.6) is 0 Å². The van der Waals surface area contributed by atoms with E-state index in [-0.39, 0.29) is 11.8 Å². The van der Waals surface area contributed by atoms with E-state index in [2.05, 4.69) is 0 Å². The van der Waals surface area contributed by atoms with Crippen LogP contribution in [0.1, 0.15) is 41.4 Å². The molecular formula is C20H24N2O3. The summed E-state index contributed by atoms with van der Waals surface area (Å²) >= 11 is 0. The highest BCUT2D eigenvalue weighted by molar-refractivity contribution is 5.98. The molecule has 1 aliphatic rings. The van der Waals surface area contributed by atoms with Gasteiger partial charge in [0.05, 0.1) is 11.8 Å². The molecule has 3 rings (SSSR count). The van der Waals surface area contributed by atoms with Crippen LogP contribution in [0.3, 0.4) is 0 Å². The molecule has 0 spiro atoms. The Bertz CT molecular complexity index is 738. The Labute approximate surface area is 148 Å². The number of rotatable bonds is 6. The molecular weight excluding hydrogens is 316 g/mol. The van der Waals surface area contributed by atoms with Crippen LogP contribution in [0.2, 0.25) is 0 Å². The predicted molar refractivity (Wildman–Crippen MR) is 95.1 cm³/mol. The average Bonchev–Trinajstić information content (AvgIpc) is 3.22. The lowest BCUT2D eigenvalue weighted by atomic mass is 10.1. The summed E-state index contributed by atoms with van der Waals surface area (Å²) in [6.45, 7) is 3.30. The lowest BCUT2D eigenvalue weighted by molar-refractivity contribution is -0.131. The summed E-state index contributed by atoms with van der Waals surface area (Å²) in [6, 6.07) is 11.2. The number of benzene rings is 1. The van der Waals surface area contributed by atoms with E-state index in [1.807, 2.05) is 42.2 Å². The molecule has 5 heteroatoms. The molecule has 0 N–H and O–H groups in total. The first-order chi connectivity index (χ1) is 12.1. The number of likely N-dealkylation sites (N-methyl/N-ethyl adjacent to an activating group) is 1. The minimum absolute atomic E-state index is 0.0141. The first-order valence-corrected chi connectivity index (χ1v) is 8.78. The van der Waals surface area contributed by atoms with Crippen molar-refractivity contribution in [1.82, 2.24) is 9.80 Å². The van der Waals surface area contributed by atoms with Gasteiger partial charge >= 0.3 is 0 Å². The monoisotopic (exact) mass is 340 g/mol. The summed E-state index contributed by atoms with van der Waals surface area (Å²) in [5, 5.41) is 0. The average molecular weight is 340 g/mol. The van der Waals surface area contributed by atoms with Gasteiger partial charge in [-0.05, 0) is 24.5 Å². The van der Waals surface area contributed by atoms with Gasteiger partial charge in [0.25, 0.3) is 5.91 Å². The highest BCUT2D eigenvalue weighted by atomic mass is 16.3. The maximum absolute atomic E-state index is 12.8. The third kappa shape index (κ3) is 3.60. The lowest BCUT2D eigenvalue weighted by Gasteiger charge is -2.24. The molecule has 0 radical (unpaired) electrons. The molecule has 25 heavy (non-hydrogen) atoms. The van der Waals surface area contributed by atoms with Gasteiger partial charge in [-0.3, -0.25) is 9.59 Å². The molecule has 132 valence electrons. The quantitative estimate of drug-likeness (QED) is 0.812. The number of amides is 2. The Morgan fingerprint density at radius 2 is 2.04 bits per heavy atom. The Morgan fingerprint density at radius 1 is 1.28 bits per heavy atom. The molecule has 5 nitrogen and oxygen atoms in total. The number of carbonyl (C=O) groups is 2. The molecule has 1 saturated heterocycles. The van der Waals surface area contributed by atoms with Crippen LogP contribution in [0, 0.1) is 0 Å². The van der Waals surface area contributed by atoms with Gasteiger partial charge in [0.15, 0.2) is 0 Å². The van der Waals surface area contributed by atoms with Crippen LogP contribution in [-0.4, -0.2) is 41.2 Å². The van der Waals surface area contributed by atoms with Gasteiger partial charge < -0.3 is 14.2 Å². The summed E-state index contributed by atoms with van der Waals surface area (Å²) in [5.74, 6) is 0.572. The first-order valence-electron chi connectivity index (χ1n) is 8.78. The van der Waals surface area contributed by atoms with Crippen molar-refractivity contribution in [3.8, 4) is 0 Å². The van der Waals surface area contributed by atoms with Crippen molar-refractivity contribution in [3.63, 3.8) is 0 Å². The summed E-state index contributed by atoms with van der Waals surface area (Å²) in [6.07, 6.45) is 3.84. The van der Waals surface area contributed by atoms with Crippen LogP contribution in [0.4, 0.5) is 0 Å². The zero-order valence-corrected chi connectivity index (χ0v) is 14.8. The lowest BCUT2D eigenvalue weighted by Crippen LogP contribution is -2.42. The molecule has 1 fully saturated rings.